The molecular formula is C12H12ClFO3S. The van der Waals surface area contributed by atoms with Crippen LogP contribution in [0.3, 0.4) is 0 Å². The summed E-state index contributed by atoms with van der Waals surface area (Å²) in [5.41, 5.74) is 0. The molecular weight excluding hydrogens is 279 g/mol. The van der Waals surface area contributed by atoms with Crippen molar-refractivity contribution < 1.29 is 18.1 Å². The normalized spacial score (nSPS) is 18.2. The van der Waals surface area contributed by atoms with Crippen LogP contribution in [-0.2, 0) is 20.3 Å². The molecule has 1 aromatic rings. The smallest absolute Gasteiger partial charge is 0.322 e. The van der Waals surface area contributed by atoms with Gasteiger partial charge in [0.2, 0.25) is 0 Å². The summed E-state index contributed by atoms with van der Waals surface area (Å²) in [4.78, 5) is 12.0. The zero-order valence-corrected chi connectivity index (χ0v) is 11.3. The first-order chi connectivity index (χ1) is 8.54. The van der Waals surface area contributed by atoms with Gasteiger partial charge in [0, 0.05) is 4.90 Å². The van der Waals surface area contributed by atoms with E-state index in [1.165, 1.54) is 19.2 Å². The number of ether oxygens (including phenoxy) is 1. The summed E-state index contributed by atoms with van der Waals surface area (Å²) in [7, 11) is -0.293. The number of hydrogen-bond donors (Lipinski definition) is 0. The van der Waals surface area contributed by atoms with Gasteiger partial charge in [-0.15, -0.1) is 0 Å². The first-order valence-electron chi connectivity index (χ1n) is 5.48. The SMILES string of the molecule is COC(=O)C(C1CC1)S(=O)c1ccc(F)c(Cl)c1. The van der Waals surface area contributed by atoms with Crippen molar-refractivity contribution in [3.05, 3.63) is 29.0 Å². The number of hydrogen-bond acceptors (Lipinski definition) is 3. The van der Waals surface area contributed by atoms with Crippen LogP contribution in [0.5, 0.6) is 0 Å². The summed E-state index contributed by atoms with van der Waals surface area (Å²) in [5.74, 6) is -0.975. The second-order valence-electron chi connectivity index (χ2n) is 4.15. The molecule has 0 saturated heterocycles. The van der Waals surface area contributed by atoms with Crippen LogP contribution in [0.25, 0.3) is 0 Å². The Labute approximate surface area is 112 Å². The van der Waals surface area contributed by atoms with Crippen molar-refractivity contribution in [1.29, 1.82) is 0 Å². The fourth-order valence-corrected chi connectivity index (χ4v) is 3.59. The number of rotatable bonds is 4. The van der Waals surface area contributed by atoms with Gasteiger partial charge in [-0.2, -0.15) is 0 Å². The maximum Gasteiger partial charge on any atom is 0.322 e. The highest BCUT2D eigenvalue weighted by Crippen LogP contribution is 2.37. The van der Waals surface area contributed by atoms with Gasteiger partial charge in [-0.05, 0) is 37.0 Å². The topological polar surface area (TPSA) is 43.4 Å². The van der Waals surface area contributed by atoms with Gasteiger partial charge < -0.3 is 4.74 Å². The fraction of sp³-hybridized carbons (Fsp3) is 0.417. The third-order valence-corrected chi connectivity index (χ3v) is 4.88. The first-order valence-corrected chi connectivity index (χ1v) is 7.07. The molecule has 3 nitrogen and oxygen atoms in total. The molecule has 18 heavy (non-hydrogen) atoms. The minimum Gasteiger partial charge on any atom is -0.468 e. The molecule has 2 unspecified atom stereocenters. The Morgan fingerprint density at radius 1 is 1.56 bits per heavy atom. The zero-order valence-electron chi connectivity index (χ0n) is 9.69. The Balaban J connectivity index is 2.27. The van der Waals surface area contributed by atoms with E-state index in [1.807, 2.05) is 0 Å². The van der Waals surface area contributed by atoms with E-state index < -0.39 is 27.8 Å². The second-order valence-corrected chi connectivity index (χ2v) is 6.14. The Bertz CT molecular complexity index is 502. The summed E-state index contributed by atoms with van der Waals surface area (Å²) in [6.07, 6.45) is 1.72. The number of methoxy groups -OCH3 is 1. The Morgan fingerprint density at radius 3 is 2.72 bits per heavy atom. The molecule has 1 aromatic carbocycles. The molecule has 0 aliphatic heterocycles. The highest BCUT2D eigenvalue weighted by atomic mass is 35.5. The summed E-state index contributed by atoms with van der Waals surface area (Å²) >= 11 is 5.65. The molecule has 1 aliphatic carbocycles. The van der Waals surface area contributed by atoms with Gasteiger partial charge in [0.25, 0.3) is 0 Å². The molecule has 1 fully saturated rings. The summed E-state index contributed by atoms with van der Waals surface area (Å²) in [5, 5.41) is -0.781. The maximum absolute atomic E-state index is 13.0. The van der Waals surface area contributed by atoms with E-state index in [2.05, 4.69) is 4.74 Å². The molecule has 0 amide bonds. The molecule has 0 aromatic heterocycles. The summed E-state index contributed by atoms with van der Waals surface area (Å²) < 4.78 is 30.0. The lowest BCUT2D eigenvalue weighted by Gasteiger charge is -2.13. The summed E-state index contributed by atoms with van der Waals surface area (Å²) in [6.45, 7) is 0. The average Bonchev–Trinajstić information content (AvgIpc) is 3.17. The van der Waals surface area contributed by atoms with Crippen LogP contribution in [0, 0.1) is 11.7 Å². The minimum absolute atomic E-state index is 0.0853. The van der Waals surface area contributed by atoms with Crippen molar-refractivity contribution in [3.63, 3.8) is 0 Å². The molecule has 0 heterocycles. The van der Waals surface area contributed by atoms with Gasteiger partial charge in [-0.25, -0.2) is 4.39 Å². The number of carbonyl (C=O) groups excluding carboxylic acids is 1. The maximum atomic E-state index is 13.0. The first kappa shape index (κ1) is 13.5. The third-order valence-electron chi connectivity index (χ3n) is 2.84. The fourth-order valence-electron chi connectivity index (χ4n) is 1.72. The molecule has 1 saturated carbocycles. The van der Waals surface area contributed by atoms with Gasteiger partial charge >= 0.3 is 5.97 Å². The van der Waals surface area contributed by atoms with Gasteiger partial charge in [0.1, 0.15) is 11.1 Å². The quantitative estimate of drug-likeness (QED) is 0.801. The van der Waals surface area contributed by atoms with Crippen LogP contribution in [0.2, 0.25) is 5.02 Å². The van der Waals surface area contributed by atoms with Gasteiger partial charge in [-0.1, -0.05) is 11.6 Å². The van der Waals surface area contributed by atoms with Crippen LogP contribution in [0.1, 0.15) is 12.8 Å². The lowest BCUT2D eigenvalue weighted by Crippen LogP contribution is -2.29. The minimum atomic E-state index is -1.56. The van der Waals surface area contributed by atoms with E-state index in [-0.39, 0.29) is 10.9 Å². The van der Waals surface area contributed by atoms with Crippen molar-refractivity contribution in [2.24, 2.45) is 5.92 Å². The highest BCUT2D eigenvalue weighted by molar-refractivity contribution is 7.86. The largest absolute Gasteiger partial charge is 0.468 e. The number of halogens is 2. The lowest BCUT2D eigenvalue weighted by molar-refractivity contribution is -0.140. The number of esters is 1. The average molecular weight is 291 g/mol. The third kappa shape index (κ3) is 2.72. The van der Waals surface area contributed by atoms with Gasteiger partial charge in [-0.3, -0.25) is 9.00 Å². The molecule has 0 spiro atoms. The van der Waals surface area contributed by atoms with E-state index in [1.54, 1.807) is 0 Å². The molecule has 2 rings (SSSR count). The molecule has 0 N–H and O–H groups in total. The van der Waals surface area contributed by atoms with Crippen molar-refractivity contribution >= 4 is 28.4 Å². The molecule has 0 bridgehead atoms. The van der Waals surface area contributed by atoms with Crippen molar-refractivity contribution in [1.82, 2.24) is 0 Å². The van der Waals surface area contributed by atoms with Crippen molar-refractivity contribution in [2.45, 2.75) is 23.0 Å². The van der Waals surface area contributed by atoms with Gasteiger partial charge in [0.05, 0.1) is 22.9 Å². The summed E-state index contributed by atoms with van der Waals surface area (Å²) in [6, 6.07) is 3.83. The lowest BCUT2D eigenvalue weighted by atomic mass is 10.3. The number of carbonyl (C=O) groups is 1. The Morgan fingerprint density at radius 2 is 2.22 bits per heavy atom. The predicted molar refractivity (Wildman–Crippen MR) is 66.3 cm³/mol. The van der Waals surface area contributed by atoms with E-state index in [4.69, 9.17) is 11.6 Å². The Kier molecular flexibility index (Phi) is 4.02. The van der Waals surface area contributed by atoms with E-state index in [0.717, 1.165) is 18.9 Å². The van der Waals surface area contributed by atoms with E-state index in [0.29, 0.717) is 4.90 Å². The van der Waals surface area contributed by atoms with Crippen molar-refractivity contribution in [2.75, 3.05) is 7.11 Å². The van der Waals surface area contributed by atoms with Crippen LogP contribution in [0.4, 0.5) is 4.39 Å². The molecule has 6 heteroatoms. The van der Waals surface area contributed by atoms with E-state index >= 15 is 0 Å². The molecule has 1 aliphatic rings. The van der Waals surface area contributed by atoms with Crippen LogP contribution in [0.15, 0.2) is 23.1 Å². The molecule has 0 radical (unpaired) electrons. The van der Waals surface area contributed by atoms with Crippen molar-refractivity contribution in [3.8, 4) is 0 Å². The molecule has 2 atom stereocenters. The predicted octanol–water partition coefficient (Wildman–Crippen LogP) is 2.54. The van der Waals surface area contributed by atoms with Crippen LogP contribution >= 0.6 is 11.6 Å². The Hall–Kier alpha value is -0.940. The van der Waals surface area contributed by atoms with Crippen LogP contribution in [-0.4, -0.2) is 22.5 Å². The van der Waals surface area contributed by atoms with Crippen LogP contribution < -0.4 is 0 Å². The highest BCUT2D eigenvalue weighted by Gasteiger charge is 2.41. The second kappa shape index (κ2) is 5.36. The molecule has 98 valence electrons. The van der Waals surface area contributed by atoms with Gasteiger partial charge in [0.15, 0.2) is 0 Å². The van der Waals surface area contributed by atoms with E-state index in [9.17, 15) is 13.4 Å². The zero-order chi connectivity index (χ0) is 13.3. The number of benzene rings is 1. The standard InChI is InChI=1S/C12H12ClFO3S/c1-17-12(15)11(7-2-3-7)18(16)8-4-5-10(14)9(13)6-8/h4-7,11H,2-3H2,1H3. The monoisotopic (exact) mass is 290 g/mol.